The Balaban J connectivity index is 1.59. The van der Waals surface area contributed by atoms with Gasteiger partial charge in [0.1, 0.15) is 11.4 Å². The first kappa shape index (κ1) is 17.2. The molecular weight excluding hydrogens is 326 g/mol. The van der Waals surface area contributed by atoms with Crippen molar-refractivity contribution in [2.75, 3.05) is 13.1 Å². The van der Waals surface area contributed by atoms with Crippen molar-refractivity contribution in [3.8, 4) is 11.4 Å². The van der Waals surface area contributed by atoms with Gasteiger partial charge in [-0.25, -0.2) is 0 Å². The minimum absolute atomic E-state index is 0.0123. The molecule has 26 heavy (non-hydrogen) atoms. The van der Waals surface area contributed by atoms with Gasteiger partial charge in [-0.1, -0.05) is 32.3 Å². The van der Waals surface area contributed by atoms with Gasteiger partial charge in [0.2, 0.25) is 0 Å². The molecule has 0 aromatic carbocycles. The van der Waals surface area contributed by atoms with E-state index >= 15 is 0 Å². The van der Waals surface area contributed by atoms with Crippen LogP contribution >= 0.6 is 0 Å². The molecule has 4 rings (SSSR count). The molecule has 2 aliphatic rings. The first-order valence-corrected chi connectivity index (χ1v) is 9.74. The molecule has 0 radical (unpaired) electrons. The molecule has 3 heterocycles. The van der Waals surface area contributed by atoms with Crippen molar-refractivity contribution in [3.05, 3.63) is 36.2 Å². The number of pyridine rings is 1. The summed E-state index contributed by atoms with van der Waals surface area (Å²) in [6.45, 7) is 3.85. The predicted molar refractivity (Wildman–Crippen MR) is 101 cm³/mol. The summed E-state index contributed by atoms with van der Waals surface area (Å²) in [5.41, 5.74) is 2.07. The highest BCUT2D eigenvalue weighted by Crippen LogP contribution is 2.42. The first-order chi connectivity index (χ1) is 12.7. The Morgan fingerprint density at radius 2 is 2.15 bits per heavy atom. The zero-order chi connectivity index (χ0) is 18.0. The second-order valence-corrected chi connectivity index (χ2v) is 7.54. The Morgan fingerprint density at radius 3 is 2.88 bits per heavy atom. The molecule has 1 spiro atoms. The highest BCUT2D eigenvalue weighted by molar-refractivity contribution is 5.94. The number of likely N-dealkylation sites (N-methyl/N-ethyl adjacent to an activating group) is 1. The summed E-state index contributed by atoms with van der Waals surface area (Å²) in [5.74, 6) is 0.0713. The zero-order valence-corrected chi connectivity index (χ0v) is 15.4. The average molecular weight is 353 g/mol. The highest BCUT2D eigenvalue weighted by atomic mass is 16.2. The summed E-state index contributed by atoms with van der Waals surface area (Å²) in [4.78, 5) is 19.8. The molecule has 1 atom stereocenters. The van der Waals surface area contributed by atoms with Crippen LogP contribution in [-0.4, -0.2) is 50.7 Å². The Kier molecular flexibility index (Phi) is 4.76. The molecule has 2 fully saturated rings. The van der Waals surface area contributed by atoms with Crippen LogP contribution in [0.25, 0.3) is 11.4 Å². The number of H-pyrrole nitrogens is 1. The van der Waals surface area contributed by atoms with Gasteiger partial charge in [-0.2, -0.15) is 5.10 Å². The van der Waals surface area contributed by atoms with Crippen LogP contribution in [0.5, 0.6) is 0 Å². The van der Waals surface area contributed by atoms with E-state index in [1.165, 1.54) is 19.3 Å². The van der Waals surface area contributed by atoms with Gasteiger partial charge in [0.05, 0.1) is 5.69 Å². The molecule has 6 nitrogen and oxygen atoms in total. The normalized spacial score (nSPS) is 22.0. The van der Waals surface area contributed by atoms with Crippen LogP contribution in [0, 0.1) is 0 Å². The first-order valence-electron chi connectivity index (χ1n) is 9.74. The summed E-state index contributed by atoms with van der Waals surface area (Å²) in [6.07, 6.45) is 8.74. The largest absolute Gasteiger partial charge is 0.330 e. The van der Waals surface area contributed by atoms with E-state index in [1.54, 1.807) is 6.20 Å². The van der Waals surface area contributed by atoms with E-state index < -0.39 is 0 Å². The van der Waals surface area contributed by atoms with Crippen molar-refractivity contribution in [2.24, 2.45) is 0 Å². The lowest BCUT2D eigenvalue weighted by Crippen LogP contribution is -2.48. The fourth-order valence-electron chi connectivity index (χ4n) is 4.68. The molecule has 0 bridgehead atoms. The van der Waals surface area contributed by atoms with E-state index in [0.717, 1.165) is 38.0 Å². The van der Waals surface area contributed by atoms with E-state index in [-0.39, 0.29) is 11.4 Å². The number of rotatable bonds is 4. The molecule has 1 unspecified atom stereocenters. The van der Waals surface area contributed by atoms with Crippen molar-refractivity contribution < 1.29 is 4.79 Å². The third-order valence-corrected chi connectivity index (χ3v) is 5.86. The number of amides is 1. The second-order valence-electron chi connectivity index (χ2n) is 7.54. The monoisotopic (exact) mass is 353 g/mol. The van der Waals surface area contributed by atoms with E-state index in [4.69, 9.17) is 0 Å². The molecule has 1 amide bonds. The summed E-state index contributed by atoms with van der Waals surface area (Å²) < 4.78 is 0. The SMILES string of the molecule is CCNC1CN(C(=O)c2cc(-c3ccccn3)n[nH]2)C2(CCCCC2)C1. The highest BCUT2D eigenvalue weighted by Gasteiger charge is 2.48. The van der Waals surface area contributed by atoms with Crippen LogP contribution in [0.4, 0.5) is 0 Å². The number of hydrogen-bond donors (Lipinski definition) is 2. The number of carbonyl (C=O) groups is 1. The van der Waals surface area contributed by atoms with Gasteiger partial charge in [-0.15, -0.1) is 0 Å². The van der Waals surface area contributed by atoms with Crippen LogP contribution in [0.1, 0.15) is 55.9 Å². The van der Waals surface area contributed by atoms with E-state index in [0.29, 0.717) is 17.4 Å². The van der Waals surface area contributed by atoms with Crippen molar-refractivity contribution in [2.45, 2.75) is 57.0 Å². The number of aromatic amines is 1. The Morgan fingerprint density at radius 1 is 1.31 bits per heavy atom. The number of hydrogen-bond acceptors (Lipinski definition) is 4. The standard InChI is InChI=1S/C20H27N5O/c1-2-21-15-13-20(9-5-3-6-10-20)25(14-15)19(26)18-12-17(23-24-18)16-8-4-7-11-22-16/h4,7-8,11-12,15,21H,2-3,5-6,9-10,13-14H2,1H3,(H,23,24). The molecule has 138 valence electrons. The molecule has 2 aromatic heterocycles. The molecule has 1 saturated heterocycles. The van der Waals surface area contributed by atoms with Gasteiger partial charge in [0.25, 0.3) is 5.91 Å². The number of aromatic nitrogens is 3. The predicted octanol–water partition coefficient (Wildman–Crippen LogP) is 3.00. The maximum atomic E-state index is 13.3. The number of likely N-dealkylation sites (tertiary alicyclic amines) is 1. The van der Waals surface area contributed by atoms with Crippen molar-refractivity contribution in [1.82, 2.24) is 25.4 Å². The average Bonchev–Trinajstić information content (AvgIpc) is 3.29. The van der Waals surface area contributed by atoms with Crippen LogP contribution in [0.2, 0.25) is 0 Å². The maximum Gasteiger partial charge on any atom is 0.272 e. The van der Waals surface area contributed by atoms with Crippen LogP contribution in [0.3, 0.4) is 0 Å². The lowest BCUT2D eigenvalue weighted by atomic mass is 9.79. The Hall–Kier alpha value is -2.21. The number of nitrogens with zero attached hydrogens (tertiary/aromatic N) is 3. The quantitative estimate of drug-likeness (QED) is 0.886. The molecule has 2 aromatic rings. The number of nitrogens with one attached hydrogen (secondary N) is 2. The minimum Gasteiger partial charge on any atom is -0.330 e. The fraction of sp³-hybridized carbons (Fsp3) is 0.550. The second kappa shape index (κ2) is 7.19. The van der Waals surface area contributed by atoms with Crippen LogP contribution in [-0.2, 0) is 0 Å². The topological polar surface area (TPSA) is 73.9 Å². The molecule has 6 heteroatoms. The third-order valence-electron chi connectivity index (χ3n) is 5.86. The van der Waals surface area contributed by atoms with Gasteiger partial charge in [0, 0.05) is 24.3 Å². The summed E-state index contributed by atoms with van der Waals surface area (Å²) in [7, 11) is 0. The fourth-order valence-corrected chi connectivity index (χ4v) is 4.68. The van der Waals surface area contributed by atoms with Crippen LogP contribution < -0.4 is 5.32 Å². The van der Waals surface area contributed by atoms with Crippen molar-refractivity contribution in [1.29, 1.82) is 0 Å². The van der Waals surface area contributed by atoms with Crippen LogP contribution in [0.15, 0.2) is 30.5 Å². The van der Waals surface area contributed by atoms with E-state index in [9.17, 15) is 4.79 Å². The van der Waals surface area contributed by atoms with Gasteiger partial charge < -0.3 is 10.2 Å². The molecular formula is C20H27N5O. The van der Waals surface area contributed by atoms with Gasteiger partial charge in [-0.3, -0.25) is 14.9 Å². The Labute approximate surface area is 154 Å². The summed E-state index contributed by atoms with van der Waals surface area (Å²) in [6, 6.07) is 7.93. The smallest absolute Gasteiger partial charge is 0.272 e. The van der Waals surface area contributed by atoms with Gasteiger partial charge in [0.15, 0.2) is 0 Å². The summed E-state index contributed by atoms with van der Waals surface area (Å²) in [5, 5.41) is 10.8. The van der Waals surface area contributed by atoms with Gasteiger partial charge >= 0.3 is 0 Å². The lowest BCUT2D eigenvalue weighted by molar-refractivity contribution is 0.0494. The summed E-state index contributed by atoms with van der Waals surface area (Å²) >= 11 is 0. The molecule has 1 saturated carbocycles. The lowest BCUT2D eigenvalue weighted by Gasteiger charge is -2.41. The molecule has 1 aliphatic heterocycles. The van der Waals surface area contributed by atoms with E-state index in [1.807, 2.05) is 24.3 Å². The minimum atomic E-state index is 0.0123. The van der Waals surface area contributed by atoms with E-state index in [2.05, 4.69) is 32.3 Å². The van der Waals surface area contributed by atoms with Crippen molar-refractivity contribution in [3.63, 3.8) is 0 Å². The molecule has 1 aliphatic carbocycles. The maximum absolute atomic E-state index is 13.3. The van der Waals surface area contributed by atoms with Crippen molar-refractivity contribution >= 4 is 5.91 Å². The number of carbonyl (C=O) groups excluding carboxylic acids is 1. The van der Waals surface area contributed by atoms with Gasteiger partial charge in [-0.05, 0) is 44.0 Å². The Bertz CT molecular complexity index is 751. The molecule has 2 N–H and O–H groups in total. The third kappa shape index (κ3) is 3.14. The zero-order valence-electron chi connectivity index (χ0n) is 15.4.